The van der Waals surface area contributed by atoms with Gasteiger partial charge in [-0.15, -0.1) is 11.3 Å². The van der Waals surface area contributed by atoms with E-state index in [4.69, 9.17) is 0 Å². The van der Waals surface area contributed by atoms with Crippen molar-refractivity contribution in [2.24, 2.45) is 0 Å². The van der Waals surface area contributed by atoms with Gasteiger partial charge in [-0.25, -0.2) is 4.98 Å². The van der Waals surface area contributed by atoms with E-state index in [9.17, 15) is 4.79 Å². The summed E-state index contributed by atoms with van der Waals surface area (Å²) in [7, 11) is 0. The van der Waals surface area contributed by atoms with Crippen LogP contribution in [-0.2, 0) is 6.54 Å². The van der Waals surface area contributed by atoms with Crippen molar-refractivity contribution in [3.05, 3.63) is 66.5 Å². The molecule has 2 aromatic heterocycles. The lowest BCUT2D eigenvalue weighted by Gasteiger charge is -2.05. The van der Waals surface area contributed by atoms with Gasteiger partial charge in [0.25, 0.3) is 5.91 Å². The smallest absolute Gasteiger partial charge is 0.276 e. The summed E-state index contributed by atoms with van der Waals surface area (Å²) in [5.74, 6) is -0.214. The Morgan fingerprint density at radius 2 is 2.04 bits per heavy atom. The molecule has 2 heterocycles. The predicted octanol–water partition coefficient (Wildman–Crippen LogP) is 4.43. The normalized spacial score (nSPS) is 10.9. The largest absolute Gasteiger partial charge is 0.321 e. The van der Waals surface area contributed by atoms with Crippen LogP contribution < -0.4 is 5.32 Å². The van der Waals surface area contributed by atoms with Crippen molar-refractivity contribution in [3.63, 3.8) is 0 Å². The number of fused-ring (bicyclic) bond motifs is 1. The minimum Gasteiger partial charge on any atom is -0.321 e. The fourth-order valence-electron chi connectivity index (χ4n) is 2.58. The average Bonchev–Trinajstić information content (AvgIpc) is 3.28. The Balaban J connectivity index is 1.59. The molecule has 25 heavy (non-hydrogen) atoms. The monoisotopic (exact) mass is 348 g/mol. The van der Waals surface area contributed by atoms with Crippen LogP contribution in [0.5, 0.6) is 0 Å². The van der Waals surface area contributed by atoms with E-state index >= 15 is 0 Å². The molecule has 0 aliphatic rings. The van der Waals surface area contributed by atoms with Crippen LogP contribution in [-0.4, -0.2) is 20.7 Å². The number of benzene rings is 2. The molecule has 1 N–H and O–H groups in total. The van der Waals surface area contributed by atoms with Crippen LogP contribution in [0, 0.1) is 0 Å². The number of nitrogens with zero attached hydrogens (tertiary/aromatic N) is 3. The van der Waals surface area contributed by atoms with Crippen LogP contribution in [0.2, 0.25) is 0 Å². The lowest BCUT2D eigenvalue weighted by Crippen LogP contribution is -2.13. The summed E-state index contributed by atoms with van der Waals surface area (Å²) in [4.78, 5) is 17.0. The van der Waals surface area contributed by atoms with E-state index in [-0.39, 0.29) is 5.91 Å². The molecule has 2 aromatic carbocycles. The molecule has 4 aromatic rings. The summed E-state index contributed by atoms with van der Waals surface area (Å²) in [5, 5.41) is 8.07. The van der Waals surface area contributed by atoms with Gasteiger partial charge in [0.1, 0.15) is 5.01 Å². The van der Waals surface area contributed by atoms with Gasteiger partial charge in [0.05, 0.1) is 10.2 Å². The Kier molecular flexibility index (Phi) is 4.03. The standard InChI is InChI=1S/C19H16N4OS/c1-2-23-11-10-16(22-23)18(24)20-14-7-5-6-13(12-14)19-21-15-8-3-4-9-17(15)25-19/h3-12H,2H2,1H3,(H,20,24). The second-order valence-electron chi connectivity index (χ2n) is 5.58. The maximum absolute atomic E-state index is 12.3. The molecule has 0 radical (unpaired) electrons. The van der Waals surface area contributed by atoms with Crippen LogP contribution in [0.1, 0.15) is 17.4 Å². The Bertz CT molecular complexity index is 1020. The summed E-state index contributed by atoms with van der Waals surface area (Å²) < 4.78 is 2.88. The van der Waals surface area contributed by atoms with Gasteiger partial charge in [-0.1, -0.05) is 24.3 Å². The molecule has 0 saturated carbocycles. The van der Waals surface area contributed by atoms with E-state index in [2.05, 4.69) is 21.5 Å². The van der Waals surface area contributed by atoms with Crippen molar-refractivity contribution in [1.82, 2.24) is 14.8 Å². The van der Waals surface area contributed by atoms with Gasteiger partial charge in [0.2, 0.25) is 0 Å². The third-order valence-electron chi connectivity index (χ3n) is 3.86. The topological polar surface area (TPSA) is 59.8 Å². The molecule has 0 spiro atoms. The van der Waals surface area contributed by atoms with E-state index in [1.165, 1.54) is 0 Å². The van der Waals surface area contributed by atoms with E-state index in [0.717, 1.165) is 33.0 Å². The minimum absolute atomic E-state index is 0.214. The number of carbonyl (C=O) groups is 1. The molecular formula is C19H16N4OS. The summed E-state index contributed by atoms with van der Waals surface area (Å²) in [6.07, 6.45) is 1.80. The van der Waals surface area contributed by atoms with E-state index in [0.29, 0.717) is 5.69 Å². The van der Waals surface area contributed by atoms with Gasteiger partial charge < -0.3 is 5.32 Å². The second kappa shape index (κ2) is 6.49. The zero-order valence-electron chi connectivity index (χ0n) is 13.6. The van der Waals surface area contributed by atoms with Gasteiger partial charge in [0, 0.05) is 24.0 Å². The average molecular weight is 348 g/mol. The highest BCUT2D eigenvalue weighted by atomic mass is 32.1. The summed E-state index contributed by atoms with van der Waals surface area (Å²) in [6.45, 7) is 2.72. The van der Waals surface area contributed by atoms with Crippen LogP contribution >= 0.6 is 11.3 Å². The predicted molar refractivity (Wildman–Crippen MR) is 101 cm³/mol. The Morgan fingerprint density at radius 1 is 1.16 bits per heavy atom. The molecule has 4 rings (SSSR count). The van der Waals surface area contributed by atoms with Crippen molar-refractivity contribution in [3.8, 4) is 10.6 Å². The van der Waals surface area contributed by atoms with Crippen molar-refractivity contribution >= 4 is 33.1 Å². The Hall–Kier alpha value is -2.99. The van der Waals surface area contributed by atoms with Crippen molar-refractivity contribution < 1.29 is 4.79 Å². The summed E-state index contributed by atoms with van der Waals surface area (Å²) in [5.41, 5.74) is 3.11. The minimum atomic E-state index is -0.214. The van der Waals surface area contributed by atoms with Gasteiger partial charge in [-0.3, -0.25) is 9.48 Å². The zero-order valence-corrected chi connectivity index (χ0v) is 14.5. The highest BCUT2D eigenvalue weighted by Crippen LogP contribution is 2.31. The molecule has 0 aliphatic heterocycles. The molecule has 6 heteroatoms. The molecule has 0 fully saturated rings. The molecule has 0 unspecified atom stereocenters. The van der Waals surface area contributed by atoms with E-state index in [1.54, 1.807) is 28.3 Å². The quantitative estimate of drug-likeness (QED) is 0.593. The first kappa shape index (κ1) is 15.5. The van der Waals surface area contributed by atoms with E-state index < -0.39 is 0 Å². The number of aromatic nitrogens is 3. The molecule has 0 saturated heterocycles. The molecule has 1 amide bonds. The first-order chi connectivity index (χ1) is 12.2. The number of anilines is 1. The molecular weight excluding hydrogens is 332 g/mol. The molecule has 5 nitrogen and oxygen atoms in total. The maximum Gasteiger partial charge on any atom is 0.276 e. The van der Waals surface area contributed by atoms with E-state index in [1.807, 2.05) is 49.4 Å². The number of aryl methyl sites for hydroxylation is 1. The van der Waals surface area contributed by atoms with Crippen molar-refractivity contribution in [1.29, 1.82) is 0 Å². The number of amides is 1. The van der Waals surface area contributed by atoms with Gasteiger partial charge in [-0.05, 0) is 37.3 Å². The molecule has 0 atom stereocenters. The zero-order chi connectivity index (χ0) is 17.2. The van der Waals surface area contributed by atoms with Crippen LogP contribution in [0.3, 0.4) is 0 Å². The fourth-order valence-corrected chi connectivity index (χ4v) is 3.54. The number of para-hydroxylation sites is 1. The number of carbonyl (C=O) groups excluding carboxylic acids is 1. The number of nitrogens with one attached hydrogen (secondary N) is 1. The van der Waals surface area contributed by atoms with Crippen LogP contribution in [0.15, 0.2) is 60.8 Å². The fraction of sp³-hybridized carbons (Fsp3) is 0.105. The van der Waals surface area contributed by atoms with Crippen molar-refractivity contribution in [2.75, 3.05) is 5.32 Å². The van der Waals surface area contributed by atoms with Gasteiger partial charge in [0.15, 0.2) is 5.69 Å². The molecule has 0 bridgehead atoms. The number of hydrogen-bond donors (Lipinski definition) is 1. The van der Waals surface area contributed by atoms with Crippen LogP contribution in [0.25, 0.3) is 20.8 Å². The highest BCUT2D eigenvalue weighted by Gasteiger charge is 2.11. The molecule has 0 aliphatic carbocycles. The van der Waals surface area contributed by atoms with Crippen molar-refractivity contribution in [2.45, 2.75) is 13.5 Å². The maximum atomic E-state index is 12.3. The lowest BCUT2D eigenvalue weighted by atomic mass is 10.2. The van der Waals surface area contributed by atoms with Gasteiger partial charge >= 0.3 is 0 Å². The second-order valence-corrected chi connectivity index (χ2v) is 6.61. The first-order valence-corrected chi connectivity index (χ1v) is 8.85. The third-order valence-corrected chi connectivity index (χ3v) is 4.94. The van der Waals surface area contributed by atoms with Crippen LogP contribution in [0.4, 0.5) is 5.69 Å². The lowest BCUT2D eigenvalue weighted by molar-refractivity contribution is 0.102. The summed E-state index contributed by atoms with van der Waals surface area (Å²) >= 11 is 1.64. The Morgan fingerprint density at radius 3 is 2.84 bits per heavy atom. The molecule has 124 valence electrons. The SMILES string of the molecule is CCn1ccc(C(=O)Nc2cccc(-c3nc4ccccc4s3)c2)n1. The first-order valence-electron chi connectivity index (χ1n) is 8.04. The third kappa shape index (κ3) is 3.16. The highest BCUT2D eigenvalue weighted by molar-refractivity contribution is 7.21. The van der Waals surface area contributed by atoms with Gasteiger partial charge in [-0.2, -0.15) is 5.10 Å². The summed E-state index contributed by atoms with van der Waals surface area (Å²) in [6, 6.07) is 17.5. The number of thiazole rings is 1. The number of rotatable bonds is 4. The number of hydrogen-bond acceptors (Lipinski definition) is 4. The Labute approximate surface area is 149 Å².